The van der Waals surface area contributed by atoms with E-state index in [1.165, 1.54) is 0 Å². The standard InChI is InChI=1S/C13H8Cl4O/c1-18-11-4-2-3-8(15)13(11)12-9(16)5-7(14)6-10(12)17/h2-6H,1H3. The van der Waals surface area contributed by atoms with Crippen molar-refractivity contribution in [2.75, 3.05) is 7.11 Å². The zero-order chi connectivity index (χ0) is 13.3. The Balaban J connectivity index is 2.77. The first-order chi connectivity index (χ1) is 8.54. The first-order valence-electron chi connectivity index (χ1n) is 5.02. The molecular formula is C13H8Cl4O. The van der Waals surface area contributed by atoms with E-state index in [2.05, 4.69) is 0 Å². The van der Waals surface area contributed by atoms with Gasteiger partial charge in [-0.15, -0.1) is 0 Å². The van der Waals surface area contributed by atoms with Crippen LogP contribution in [0.1, 0.15) is 0 Å². The van der Waals surface area contributed by atoms with Crippen molar-refractivity contribution < 1.29 is 4.74 Å². The number of rotatable bonds is 2. The van der Waals surface area contributed by atoms with Crippen molar-refractivity contribution in [1.82, 2.24) is 0 Å². The lowest BCUT2D eigenvalue weighted by Crippen LogP contribution is -1.90. The van der Waals surface area contributed by atoms with Gasteiger partial charge in [-0.3, -0.25) is 0 Å². The van der Waals surface area contributed by atoms with Crippen LogP contribution < -0.4 is 4.74 Å². The highest BCUT2D eigenvalue weighted by molar-refractivity contribution is 6.43. The van der Waals surface area contributed by atoms with Crippen LogP contribution in [0.3, 0.4) is 0 Å². The fourth-order valence-electron chi connectivity index (χ4n) is 1.70. The fourth-order valence-corrected chi connectivity index (χ4v) is 2.96. The van der Waals surface area contributed by atoms with Crippen molar-refractivity contribution in [2.24, 2.45) is 0 Å². The van der Waals surface area contributed by atoms with Crippen molar-refractivity contribution >= 4 is 46.4 Å². The van der Waals surface area contributed by atoms with Gasteiger partial charge >= 0.3 is 0 Å². The highest BCUT2D eigenvalue weighted by Gasteiger charge is 2.17. The lowest BCUT2D eigenvalue weighted by molar-refractivity contribution is 0.416. The van der Waals surface area contributed by atoms with Crippen LogP contribution in [-0.2, 0) is 0 Å². The van der Waals surface area contributed by atoms with Crippen LogP contribution in [0.25, 0.3) is 11.1 Å². The van der Waals surface area contributed by atoms with Crippen molar-refractivity contribution in [2.45, 2.75) is 0 Å². The van der Waals surface area contributed by atoms with Crippen LogP contribution >= 0.6 is 46.4 Å². The molecule has 0 aliphatic heterocycles. The number of hydrogen-bond acceptors (Lipinski definition) is 1. The van der Waals surface area contributed by atoms with Crippen LogP contribution in [0.4, 0.5) is 0 Å². The van der Waals surface area contributed by atoms with Gasteiger partial charge < -0.3 is 4.74 Å². The molecule has 0 aliphatic rings. The maximum absolute atomic E-state index is 6.20. The van der Waals surface area contributed by atoms with E-state index in [1.807, 2.05) is 0 Å². The van der Waals surface area contributed by atoms with Gasteiger partial charge in [0.05, 0.1) is 22.2 Å². The summed E-state index contributed by atoms with van der Waals surface area (Å²) in [5.41, 5.74) is 1.28. The summed E-state index contributed by atoms with van der Waals surface area (Å²) in [6.07, 6.45) is 0. The Morgan fingerprint density at radius 3 is 2.00 bits per heavy atom. The number of benzene rings is 2. The molecule has 0 heterocycles. The van der Waals surface area contributed by atoms with Crippen LogP contribution in [0.15, 0.2) is 30.3 Å². The summed E-state index contributed by atoms with van der Waals surface area (Å²) in [4.78, 5) is 0. The Morgan fingerprint density at radius 2 is 1.44 bits per heavy atom. The quantitative estimate of drug-likeness (QED) is 0.661. The molecule has 0 spiro atoms. The molecule has 0 radical (unpaired) electrons. The van der Waals surface area contributed by atoms with Gasteiger partial charge in [-0.1, -0.05) is 52.5 Å². The van der Waals surface area contributed by atoms with E-state index in [4.69, 9.17) is 51.1 Å². The van der Waals surface area contributed by atoms with Gasteiger partial charge in [0.25, 0.3) is 0 Å². The van der Waals surface area contributed by atoms with Gasteiger partial charge in [-0.25, -0.2) is 0 Å². The molecular weight excluding hydrogens is 314 g/mol. The third kappa shape index (κ3) is 2.55. The first kappa shape index (κ1) is 13.8. The first-order valence-corrected chi connectivity index (χ1v) is 6.53. The number of methoxy groups -OCH3 is 1. The molecule has 5 heteroatoms. The molecule has 0 atom stereocenters. The molecule has 2 aromatic carbocycles. The smallest absolute Gasteiger partial charge is 0.128 e. The Labute approximate surface area is 125 Å². The van der Waals surface area contributed by atoms with Crippen molar-refractivity contribution in [3.05, 3.63) is 50.4 Å². The molecule has 0 bridgehead atoms. The summed E-state index contributed by atoms with van der Waals surface area (Å²) in [7, 11) is 1.56. The SMILES string of the molecule is COc1cccc(Cl)c1-c1c(Cl)cc(Cl)cc1Cl. The number of hydrogen-bond donors (Lipinski definition) is 0. The van der Waals surface area contributed by atoms with Crippen LogP contribution in [0.5, 0.6) is 5.75 Å². The van der Waals surface area contributed by atoms with Crippen LogP contribution in [-0.4, -0.2) is 7.11 Å². The average Bonchev–Trinajstić information content (AvgIpc) is 2.29. The van der Waals surface area contributed by atoms with Gasteiger partial charge in [0, 0.05) is 16.1 Å². The summed E-state index contributed by atoms with van der Waals surface area (Å²) in [5.74, 6) is 0.605. The zero-order valence-electron chi connectivity index (χ0n) is 9.31. The summed E-state index contributed by atoms with van der Waals surface area (Å²) in [6, 6.07) is 8.58. The predicted octanol–water partition coefficient (Wildman–Crippen LogP) is 5.98. The normalized spacial score (nSPS) is 10.5. The Hall–Kier alpha value is -0.600. The van der Waals surface area contributed by atoms with Crippen LogP contribution in [0, 0.1) is 0 Å². The Kier molecular flexibility index (Phi) is 4.29. The van der Waals surface area contributed by atoms with Gasteiger partial charge in [0.2, 0.25) is 0 Å². The minimum absolute atomic E-state index is 0.430. The lowest BCUT2D eigenvalue weighted by atomic mass is 10.0. The molecule has 0 saturated carbocycles. The molecule has 0 aromatic heterocycles. The molecule has 0 unspecified atom stereocenters. The minimum Gasteiger partial charge on any atom is -0.496 e. The highest BCUT2D eigenvalue weighted by atomic mass is 35.5. The predicted molar refractivity (Wildman–Crippen MR) is 78.5 cm³/mol. The Morgan fingerprint density at radius 1 is 0.833 bits per heavy atom. The third-order valence-electron chi connectivity index (χ3n) is 2.45. The Bertz CT molecular complexity index is 573. The van der Waals surface area contributed by atoms with Gasteiger partial charge in [-0.05, 0) is 24.3 Å². The maximum Gasteiger partial charge on any atom is 0.128 e. The molecule has 1 nitrogen and oxygen atoms in total. The molecule has 0 N–H and O–H groups in total. The summed E-state index contributed by atoms with van der Waals surface area (Å²) >= 11 is 24.5. The molecule has 0 amide bonds. The van der Waals surface area contributed by atoms with E-state index >= 15 is 0 Å². The van der Waals surface area contributed by atoms with Crippen molar-refractivity contribution in [3.8, 4) is 16.9 Å². The van der Waals surface area contributed by atoms with Crippen molar-refractivity contribution in [1.29, 1.82) is 0 Å². The highest BCUT2D eigenvalue weighted by Crippen LogP contribution is 2.44. The fraction of sp³-hybridized carbons (Fsp3) is 0.0769. The minimum atomic E-state index is 0.430. The molecule has 94 valence electrons. The zero-order valence-corrected chi connectivity index (χ0v) is 12.3. The van der Waals surface area contributed by atoms with Gasteiger partial charge in [0.15, 0.2) is 0 Å². The average molecular weight is 322 g/mol. The molecule has 0 fully saturated rings. The third-order valence-corrected chi connectivity index (χ3v) is 3.58. The van der Waals surface area contributed by atoms with E-state index in [0.717, 1.165) is 0 Å². The van der Waals surface area contributed by atoms with E-state index in [-0.39, 0.29) is 0 Å². The molecule has 18 heavy (non-hydrogen) atoms. The van der Waals surface area contributed by atoms with Crippen LogP contribution in [0.2, 0.25) is 20.1 Å². The maximum atomic E-state index is 6.20. The summed E-state index contributed by atoms with van der Waals surface area (Å²) < 4.78 is 5.29. The molecule has 0 saturated heterocycles. The van der Waals surface area contributed by atoms with E-state index < -0.39 is 0 Å². The molecule has 0 aliphatic carbocycles. The lowest BCUT2D eigenvalue weighted by Gasteiger charge is -2.13. The second-order valence-corrected chi connectivity index (χ2v) is 5.22. The largest absolute Gasteiger partial charge is 0.496 e. The summed E-state index contributed by atoms with van der Waals surface area (Å²) in [5, 5.41) is 1.85. The monoisotopic (exact) mass is 320 g/mol. The van der Waals surface area contributed by atoms with E-state index in [0.29, 0.717) is 37.0 Å². The molecule has 2 rings (SSSR count). The molecule has 2 aromatic rings. The number of halogens is 4. The number of ether oxygens (including phenoxy) is 1. The second-order valence-electron chi connectivity index (χ2n) is 3.56. The van der Waals surface area contributed by atoms with Gasteiger partial charge in [0.1, 0.15) is 5.75 Å². The summed E-state index contributed by atoms with van der Waals surface area (Å²) in [6.45, 7) is 0. The van der Waals surface area contributed by atoms with E-state index in [9.17, 15) is 0 Å². The van der Waals surface area contributed by atoms with E-state index in [1.54, 1.807) is 37.4 Å². The van der Waals surface area contributed by atoms with Gasteiger partial charge in [-0.2, -0.15) is 0 Å². The second kappa shape index (κ2) is 5.58. The van der Waals surface area contributed by atoms with Crippen molar-refractivity contribution in [3.63, 3.8) is 0 Å². The topological polar surface area (TPSA) is 9.23 Å².